The van der Waals surface area contributed by atoms with Gasteiger partial charge in [0.25, 0.3) is 0 Å². The van der Waals surface area contributed by atoms with Gasteiger partial charge in [-0.25, -0.2) is 0 Å². The summed E-state index contributed by atoms with van der Waals surface area (Å²) in [6, 6.07) is 5.14. The monoisotopic (exact) mass is 280 g/mol. The standard InChI is InChI=1S/C14H20N2O4/c1-3-20-14-8-12(4-5-13(14)16(17)18)15-10(2)11-6-7-19-9-11/h4-5,8,10-11,15H,3,6-7,9H2,1-2H3. The molecule has 1 aromatic rings. The van der Waals surface area contributed by atoms with Crippen molar-refractivity contribution in [3.8, 4) is 5.75 Å². The van der Waals surface area contributed by atoms with E-state index in [0.29, 0.717) is 18.3 Å². The van der Waals surface area contributed by atoms with Gasteiger partial charge in [0.05, 0.1) is 18.1 Å². The van der Waals surface area contributed by atoms with Crippen molar-refractivity contribution in [1.29, 1.82) is 0 Å². The lowest BCUT2D eigenvalue weighted by atomic mass is 10.0. The average Bonchev–Trinajstić information content (AvgIpc) is 2.93. The van der Waals surface area contributed by atoms with Crippen LogP contribution in [0, 0.1) is 16.0 Å². The van der Waals surface area contributed by atoms with Crippen molar-refractivity contribution in [2.75, 3.05) is 25.1 Å². The van der Waals surface area contributed by atoms with Gasteiger partial charge in [0.15, 0.2) is 5.75 Å². The highest BCUT2D eigenvalue weighted by Gasteiger charge is 2.23. The normalized spacial score (nSPS) is 19.6. The fourth-order valence-corrected chi connectivity index (χ4v) is 2.35. The molecule has 0 amide bonds. The van der Waals surface area contributed by atoms with Gasteiger partial charge in [0.2, 0.25) is 0 Å². The lowest BCUT2D eigenvalue weighted by molar-refractivity contribution is -0.385. The minimum Gasteiger partial charge on any atom is -0.487 e. The fourth-order valence-electron chi connectivity index (χ4n) is 2.35. The zero-order chi connectivity index (χ0) is 14.5. The molecular weight excluding hydrogens is 260 g/mol. The molecule has 1 aliphatic heterocycles. The van der Waals surface area contributed by atoms with E-state index >= 15 is 0 Å². The molecule has 1 aromatic carbocycles. The highest BCUT2D eigenvalue weighted by molar-refractivity contribution is 5.58. The zero-order valence-corrected chi connectivity index (χ0v) is 11.8. The number of anilines is 1. The van der Waals surface area contributed by atoms with Crippen LogP contribution in [-0.2, 0) is 4.74 Å². The molecule has 0 aliphatic carbocycles. The SMILES string of the molecule is CCOc1cc(NC(C)C2CCOC2)ccc1[N+](=O)[O-]. The van der Waals surface area contributed by atoms with Gasteiger partial charge in [0, 0.05) is 36.4 Å². The molecule has 110 valence electrons. The number of hydrogen-bond donors (Lipinski definition) is 1. The molecule has 1 aliphatic rings. The summed E-state index contributed by atoms with van der Waals surface area (Å²) in [5, 5.41) is 14.3. The van der Waals surface area contributed by atoms with E-state index < -0.39 is 4.92 Å². The number of nitro groups is 1. The summed E-state index contributed by atoms with van der Waals surface area (Å²) in [6.45, 7) is 5.88. The molecule has 2 atom stereocenters. The third-order valence-corrected chi connectivity index (χ3v) is 3.52. The first-order chi connectivity index (χ1) is 9.61. The number of nitro benzene ring substituents is 1. The molecule has 1 saturated heterocycles. The number of rotatable bonds is 6. The van der Waals surface area contributed by atoms with Crippen molar-refractivity contribution in [1.82, 2.24) is 0 Å². The summed E-state index contributed by atoms with van der Waals surface area (Å²) in [5.41, 5.74) is 0.827. The van der Waals surface area contributed by atoms with Gasteiger partial charge in [-0.1, -0.05) is 0 Å². The van der Waals surface area contributed by atoms with Gasteiger partial charge >= 0.3 is 5.69 Å². The van der Waals surface area contributed by atoms with Crippen LogP contribution in [0.5, 0.6) is 5.75 Å². The van der Waals surface area contributed by atoms with Gasteiger partial charge in [-0.05, 0) is 26.3 Å². The smallest absolute Gasteiger partial charge is 0.311 e. The lowest BCUT2D eigenvalue weighted by Gasteiger charge is -2.20. The molecular formula is C14H20N2O4. The van der Waals surface area contributed by atoms with Gasteiger partial charge in [-0.3, -0.25) is 10.1 Å². The van der Waals surface area contributed by atoms with Crippen molar-refractivity contribution < 1.29 is 14.4 Å². The molecule has 1 heterocycles. The van der Waals surface area contributed by atoms with Gasteiger partial charge < -0.3 is 14.8 Å². The summed E-state index contributed by atoms with van der Waals surface area (Å²) >= 11 is 0. The predicted molar refractivity (Wildman–Crippen MR) is 76.3 cm³/mol. The van der Waals surface area contributed by atoms with Crippen LogP contribution < -0.4 is 10.1 Å². The molecule has 1 fully saturated rings. The third-order valence-electron chi connectivity index (χ3n) is 3.52. The van der Waals surface area contributed by atoms with Crippen LogP contribution in [0.2, 0.25) is 0 Å². The number of nitrogens with one attached hydrogen (secondary N) is 1. The topological polar surface area (TPSA) is 73.6 Å². The molecule has 6 nitrogen and oxygen atoms in total. The first kappa shape index (κ1) is 14.6. The second-order valence-electron chi connectivity index (χ2n) is 4.93. The summed E-state index contributed by atoms with van der Waals surface area (Å²) in [5.74, 6) is 0.776. The molecule has 2 rings (SSSR count). The minimum absolute atomic E-state index is 0.00532. The van der Waals surface area contributed by atoms with Crippen LogP contribution in [0.4, 0.5) is 11.4 Å². The Hall–Kier alpha value is -1.82. The van der Waals surface area contributed by atoms with Crippen molar-refractivity contribution >= 4 is 11.4 Å². The summed E-state index contributed by atoms with van der Waals surface area (Å²) in [4.78, 5) is 10.5. The number of hydrogen-bond acceptors (Lipinski definition) is 5. The first-order valence-electron chi connectivity index (χ1n) is 6.87. The van der Waals surface area contributed by atoms with Crippen molar-refractivity contribution in [3.05, 3.63) is 28.3 Å². The van der Waals surface area contributed by atoms with Crippen LogP contribution in [0.15, 0.2) is 18.2 Å². The van der Waals surface area contributed by atoms with Crippen molar-refractivity contribution in [3.63, 3.8) is 0 Å². The second-order valence-corrected chi connectivity index (χ2v) is 4.93. The minimum atomic E-state index is -0.428. The Balaban J connectivity index is 2.11. The van der Waals surface area contributed by atoms with E-state index in [1.807, 2.05) is 6.92 Å². The number of ether oxygens (including phenoxy) is 2. The molecule has 0 aromatic heterocycles. The highest BCUT2D eigenvalue weighted by Crippen LogP contribution is 2.31. The Kier molecular flexibility index (Phi) is 4.79. The van der Waals surface area contributed by atoms with Crippen molar-refractivity contribution in [2.45, 2.75) is 26.3 Å². The summed E-state index contributed by atoms with van der Waals surface area (Å²) < 4.78 is 10.7. The van der Waals surface area contributed by atoms with E-state index in [-0.39, 0.29) is 11.7 Å². The number of nitrogens with zero attached hydrogens (tertiary/aromatic N) is 1. The Bertz CT molecular complexity index is 472. The first-order valence-corrected chi connectivity index (χ1v) is 6.87. The van der Waals surface area contributed by atoms with E-state index in [9.17, 15) is 10.1 Å². The maximum atomic E-state index is 10.9. The Morgan fingerprint density at radius 2 is 2.40 bits per heavy atom. The molecule has 0 saturated carbocycles. The number of benzene rings is 1. The van der Waals surface area contributed by atoms with Gasteiger partial charge in [-0.15, -0.1) is 0 Å². The van der Waals surface area contributed by atoms with E-state index in [1.165, 1.54) is 6.07 Å². The van der Waals surface area contributed by atoms with Crippen LogP contribution in [0.25, 0.3) is 0 Å². The predicted octanol–water partition coefficient (Wildman–Crippen LogP) is 2.83. The van der Waals surface area contributed by atoms with Crippen LogP contribution in [-0.4, -0.2) is 30.8 Å². The maximum Gasteiger partial charge on any atom is 0.311 e. The lowest BCUT2D eigenvalue weighted by Crippen LogP contribution is -2.26. The van der Waals surface area contributed by atoms with Gasteiger partial charge in [0.1, 0.15) is 0 Å². The van der Waals surface area contributed by atoms with E-state index in [0.717, 1.165) is 25.3 Å². The van der Waals surface area contributed by atoms with Crippen LogP contribution in [0.1, 0.15) is 20.3 Å². The van der Waals surface area contributed by atoms with Crippen molar-refractivity contribution in [2.24, 2.45) is 5.92 Å². The Morgan fingerprint density at radius 3 is 3.00 bits per heavy atom. The molecule has 20 heavy (non-hydrogen) atoms. The maximum absolute atomic E-state index is 10.9. The largest absolute Gasteiger partial charge is 0.487 e. The molecule has 0 spiro atoms. The molecule has 6 heteroatoms. The molecule has 2 unspecified atom stereocenters. The Labute approximate surface area is 118 Å². The van der Waals surface area contributed by atoms with E-state index in [1.54, 1.807) is 12.1 Å². The fraction of sp³-hybridized carbons (Fsp3) is 0.571. The molecule has 0 radical (unpaired) electrons. The third kappa shape index (κ3) is 3.39. The quantitative estimate of drug-likeness (QED) is 0.640. The highest BCUT2D eigenvalue weighted by atomic mass is 16.6. The Morgan fingerprint density at radius 1 is 1.60 bits per heavy atom. The summed E-state index contributed by atoms with van der Waals surface area (Å²) in [7, 11) is 0. The second kappa shape index (κ2) is 6.56. The van der Waals surface area contributed by atoms with Crippen LogP contribution in [0.3, 0.4) is 0 Å². The molecule has 0 bridgehead atoms. The van der Waals surface area contributed by atoms with E-state index in [2.05, 4.69) is 12.2 Å². The zero-order valence-electron chi connectivity index (χ0n) is 11.8. The van der Waals surface area contributed by atoms with Gasteiger partial charge in [-0.2, -0.15) is 0 Å². The van der Waals surface area contributed by atoms with Crippen LogP contribution >= 0.6 is 0 Å². The summed E-state index contributed by atoms with van der Waals surface area (Å²) in [6.07, 6.45) is 1.04. The average molecular weight is 280 g/mol. The van der Waals surface area contributed by atoms with E-state index in [4.69, 9.17) is 9.47 Å². The molecule has 1 N–H and O–H groups in total.